The molecule has 1 fully saturated rings. The molecule has 2 aromatic carbocycles. The summed E-state index contributed by atoms with van der Waals surface area (Å²) in [6.45, 7) is 7.95. The molecule has 1 amide bonds. The van der Waals surface area contributed by atoms with Crippen LogP contribution in [0.25, 0.3) is 0 Å². The number of nitriles is 1. The van der Waals surface area contributed by atoms with Crippen molar-refractivity contribution in [1.29, 1.82) is 5.26 Å². The van der Waals surface area contributed by atoms with Crippen LogP contribution in [0.1, 0.15) is 25.0 Å². The highest BCUT2D eigenvalue weighted by Crippen LogP contribution is 2.28. The lowest BCUT2D eigenvalue weighted by atomic mass is 9.99. The fraction of sp³-hybridized carbons (Fsp3) is 0.423. The zero-order valence-electron chi connectivity index (χ0n) is 20.5. The van der Waals surface area contributed by atoms with E-state index < -0.39 is 0 Å². The maximum absolute atomic E-state index is 13.2. The van der Waals surface area contributed by atoms with Gasteiger partial charge in [-0.05, 0) is 42.2 Å². The van der Waals surface area contributed by atoms with E-state index in [4.69, 9.17) is 9.47 Å². The Hall–Kier alpha value is -3.73. The first-order valence-corrected chi connectivity index (χ1v) is 11.4. The normalized spacial score (nSPS) is 16.3. The van der Waals surface area contributed by atoms with Crippen LogP contribution >= 0.6 is 0 Å². The Kier molecular flexibility index (Phi) is 8.36. The van der Waals surface area contributed by atoms with E-state index in [2.05, 4.69) is 29.1 Å². The van der Waals surface area contributed by atoms with Gasteiger partial charge in [0.05, 0.1) is 26.7 Å². The molecule has 8 heteroatoms. The number of hydrogen-bond donors (Lipinski definition) is 1. The molecule has 1 aliphatic heterocycles. The first-order valence-electron chi connectivity index (χ1n) is 11.4. The number of piperazine rings is 1. The van der Waals surface area contributed by atoms with Crippen molar-refractivity contribution in [3.63, 3.8) is 0 Å². The molecule has 2 aromatic rings. The summed E-state index contributed by atoms with van der Waals surface area (Å²) < 4.78 is 10.7. The highest BCUT2D eigenvalue weighted by atomic mass is 16.5. The number of para-hydroxylation sites is 1. The topological polar surface area (TPSA) is 90.2 Å². The second kappa shape index (κ2) is 11.4. The molecule has 1 aliphatic rings. The van der Waals surface area contributed by atoms with Crippen molar-refractivity contribution in [2.45, 2.75) is 33.2 Å². The fourth-order valence-electron chi connectivity index (χ4n) is 4.19. The standard InChI is InChI=1S/C26H33N5O3/c1-18(2)22-16-30(25(32)15-20-10-11-23(33-4)24(14-20)34-5)12-13-31(22)26(28-17-27)29-21-9-7-6-8-19(21)3/h6-11,14,18,22H,12-13,15-16H2,1-5H3,(H,28,29)/t22-/m1/s1. The van der Waals surface area contributed by atoms with E-state index in [9.17, 15) is 10.1 Å². The van der Waals surface area contributed by atoms with Gasteiger partial charge in [0.1, 0.15) is 0 Å². The van der Waals surface area contributed by atoms with Crippen molar-refractivity contribution >= 4 is 17.6 Å². The second-order valence-electron chi connectivity index (χ2n) is 8.69. The summed E-state index contributed by atoms with van der Waals surface area (Å²) in [5.41, 5.74) is 2.85. The Balaban J connectivity index is 1.75. The SMILES string of the molecule is COc1ccc(CC(=O)N2CCN(/C(=N/C#N)Nc3ccccc3C)[C@@H](C(C)C)C2)cc1OC. The van der Waals surface area contributed by atoms with Gasteiger partial charge in [0.25, 0.3) is 0 Å². The number of methoxy groups -OCH3 is 2. The Morgan fingerprint density at radius 3 is 2.56 bits per heavy atom. The molecule has 0 bridgehead atoms. The number of carbonyl (C=O) groups is 1. The monoisotopic (exact) mass is 463 g/mol. The van der Waals surface area contributed by atoms with Gasteiger partial charge in [-0.15, -0.1) is 4.99 Å². The van der Waals surface area contributed by atoms with Crippen LogP contribution < -0.4 is 14.8 Å². The third-order valence-corrected chi connectivity index (χ3v) is 6.16. The number of carbonyl (C=O) groups excluding carboxylic acids is 1. The van der Waals surface area contributed by atoms with Crippen molar-refractivity contribution in [3.8, 4) is 17.7 Å². The molecular weight excluding hydrogens is 430 g/mol. The lowest BCUT2D eigenvalue weighted by molar-refractivity contribution is -0.133. The number of aryl methyl sites for hydroxylation is 1. The van der Waals surface area contributed by atoms with Crippen molar-refractivity contribution in [1.82, 2.24) is 9.80 Å². The number of amides is 1. The third-order valence-electron chi connectivity index (χ3n) is 6.16. The molecule has 1 heterocycles. The number of nitrogens with zero attached hydrogens (tertiary/aromatic N) is 4. The van der Waals surface area contributed by atoms with Gasteiger partial charge in [0.15, 0.2) is 11.5 Å². The van der Waals surface area contributed by atoms with Gasteiger partial charge >= 0.3 is 0 Å². The van der Waals surface area contributed by atoms with Gasteiger partial charge in [0, 0.05) is 25.3 Å². The van der Waals surface area contributed by atoms with Crippen LogP contribution in [-0.4, -0.2) is 61.6 Å². The number of guanidine groups is 1. The quantitative estimate of drug-likeness (QED) is 0.399. The molecule has 0 saturated carbocycles. The highest BCUT2D eigenvalue weighted by Gasteiger charge is 2.33. The van der Waals surface area contributed by atoms with Crippen molar-refractivity contribution < 1.29 is 14.3 Å². The Labute approximate surface area is 201 Å². The average molecular weight is 464 g/mol. The molecule has 1 N–H and O–H groups in total. The minimum absolute atomic E-state index is 0.0201. The maximum Gasteiger partial charge on any atom is 0.227 e. The minimum atomic E-state index is 0.0201. The number of anilines is 1. The average Bonchev–Trinajstić information content (AvgIpc) is 2.84. The van der Waals surface area contributed by atoms with Crippen LogP contribution in [0.5, 0.6) is 11.5 Å². The van der Waals surface area contributed by atoms with Crippen LogP contribution in [0.2, 0.25) is 0 Å². The molecule has 8 nitrogen and oxygen atoms in total. The molecule has 0 spiro atoms. The zero-order chi connectivity index (χ0) is 24.7. The summed E-state index contributed by atoms with van der Waals surface area (Å²) in [6, 6.07) is 13.5. The first kappa shape index (κ1) is 24.9. The predicted octanol–water partition coefficient (Wildman–Crippen LogP) is 3.67. The van der Waals surface area contributed by atoms with Crippen molar-refractivity contribution in [3.05, 3.63) is 53.6 Å². The maximum atomic E-state index is 13.2. The van der Waals surface area contributed by atoms with Crippen LogP contribution in [0, 0.1) is 24.3 Å². The van der Waals surface area contributed by atoms with Crippen LogP contribution in [0.3, 0.4) is 0 Å². The summed E-state index contributed by atoms with van der Waals surface area (Å²) >= 11 is 0. The lowest BCUT2D eigenvalue weighted by Gasteiger charge is -2.44. The molecule has 1 atom stereocenters. The third kappa shape index (κ3) is 5.79. The fourth-order valence-corrected chi connectivity index (χ4v) is 4.19. The first-order chi connectivity index (χ1) is 16.4. The van der Waals surface area contributed by atoms with Crippen LogP contribution in [0.15, 0.2) is 47.5 Å². The highest BCUT2D eigenvalue weighted by molar-refractivity contribution is 5.95. The number of ether oxygens (including phenoxy) is 2. The van der Waals surface area contributed by atoms with Gasteiger partial charge < -0.3 is 24.6 Å². The summed E-state index contributed by atoms with van der Waals surface area (Å²) in [5, 5.41) is 12.7. The van der Waals surface area contributed by atoms with Gasteiger partial charge in [-0.2, -0.15) is 5.26 Å². The van der Waals surface area contributed by atoms with E-state index in [1.54, 1.807) is 14.2 Å². The molecule has 0 aromatic heterocycles. The Morgan fingerprint density at radius 2 is 1.91 bits per heavy atom. The smallest absolute Gasteiger partial charge is 0.227 e. The van der Waals surface area contributed by atoms with Gasteiger partial charge in [-0.25, -0.2) is 0 Å². The zero-order valence-corrected chi connectivity index (χ0v) is 20.5. The molecule has 34 heavy (non-hydrogen) atoms. The van der Waals surface area contributed by atoms with Gasteiger partial charge in [-0.3, -0.25) is 4.79 Å². The molecule has 0 radical (unpaired) electrons. The van der Waals surface area contributed by atoms with Crippen molar-refractivity contribution in [2.24, 2.45) is 10.9 Å². The van der Waals surface area contributed by atoms with Crippen LogP contribution in [-0.2, 0) is 11.2 Å². The molecule has 0 aliphatic carbocycles. The number of aliphatic imine (C=N–C) groups is 1. The van der Waals surface area contributed by atoms with Crippen LogP contribution in [0.4, 0.5) is 5.69 Å². The summed E-state index contributed by atoms with van der Waals surface area (Å²) in [4.78, 5) is 21.3. The Bertz CT molecular complexity index is 1080. The molecule has 3 rings (SSSR count). The number of rotatable bonds is 6. The molecule has 180 valence electrons. The van der Waals surface area contributed by atoms with E-state index in [1.165, 1.54) is 0 Å². The van der Waals surface area contributed by atoms with E-state index in [1.807, 2.05) is 60.5 Å². The van der Waals surface area contributed by atoms with E-state index in [-0.39, 0.29) is 24.3 Å². The number of hydrogen-bond acceptors (Lipinski definition) is 5. The second-order valence-corrected chi connectivity index (χ2v) is 8.69. The van der Waals surface area contributed by atoms with E-state index >= 15 is 0 Å². The Morgan fingerprint density at radius 1 is 1.18 bits per heavy atom. The van der Waals surface area contributed by atoms with Crippen molar-refractivity contribution in [2.75, 3.05) is 39.2 Å². The molecule has 1 saturated heterocycles. The number of benzene rings is 2. The summed E-state index contributed by atoms with van der Waals surface area (Å²) in [5.74, 6) is 2.07. The number of nitrogens with one attached hydrogen (secondary N) is 1. The van der Waals surface area contributed by atoms with Gasteiger partial charge in [-0.1, -0.05) is 38.1 Å². The predicted molar refractivity (Wildman–Crippen MR) is 133 cm³/mol. The summed E-state index contributed by atoms with van der Waals surface area (Å²) in [7, 11) is 3.17. The molecular formula is C26H33N5O3. The van der Waals surface area contributed by atoms with Gasteiger partial charge in [0.2, 0.25) is 18.1 Å². The van der Waals surface area contributed by atoms with E-state index in [0.717, 1.165) is 16.8 Å². The molecule has 0 unspecified atom stereocenters. The lowest BCUT2D eigenvalue weighted by Crippen LogP contribution is -2.59. The van der Waals surface area contributed by atoms with E-state index in [0.29, 0.717) is 37.1 Å². The largest absolute Gasteiger partial charge is 0.493 e. The summed E-state index contributed by atoms with van der Waals surface area (Å²) in [6.07, 6.45) is 2.22. The minimum Gasteiger partial charge on any atom is -0.493 e.